The molecule has 0 rings (SSSR count). The third-order valence-corrected chi connectivity index (χ3v) is 4.62. The molecule has 0 saturated carbocycles. The van der Waals surface area contributed by atoms with Crippen LogP contribution < -0.4 is 5.73 Å². The van der Waals surface area contributed by atoms with Crippen molar-refractivity contribution >= 4 is 8.56 Å². The number of hydrogen-bond acceptors (Lipinski definition) is 3. The predicted molar refractivity (Wildman–Crippen MR) is 55.5 cm³/mol. The van der Waals surface area contributed by atoms with Gasteiger partial charge in [-0.25, -0.2) is 0 Å². The van der Waals surface area contributed by atoms with Crippen molar-refractivity contribution in [2.24, 2.45) is 5.73 Å². The van der Waals surface area contributed by atoms with Crippen LogP contribution in [0, 0.1) is 0 Å². The lowest BCUT2D eigenvalue weighted by Gasteiger charge is -2.23. The van der Waals surface area contributed by atoms with Crippen molar-refractivity contribution in [2.75, 3.05) is 20.3 Å². The van der Waals surface area contributed by atoms with E-state index in [4.69, 9.17) is 8.85 Å². The van der Waals surface area contributed by atoms with Gasteiger partial charge in [0.25, 0.3) is 0 Å². The van der Waals surface area contributed by atoms with Gasteiger partial charge in [-0.1, -0.05) is 6.92 Å². The van der Waals surface area contributed by atoms with Crippen LogP contribution in [-0.2, 0) is 8.85 Å². The second kappa shape index (κ2) is 9.19. The Labute approximate surface area is 77.5 Å². The van der Waals surface area contributed by atoms with E-state index in [0.29, 0.717) is 0 Å². The van der Waals surface area contributed by atoms with E-state index in [1.807, 2.05) is 13.8 Å². The maximum Gasteiger partial charge on any atom is 0.334 e. The molecule has 0 unspecified atom stereocenters. The molecule has 4 heteroatoms. The second-order valence-electron chi connectivity index (χ2n) is 2.35. The molecule has 0 aromatic heterocycles. The monoisotopic (exact) mass is 193 g/mol. The first-order chi connectivity index (χ1) is 5.68. The Morgan fingerprint density at radius 1 is 1.00 bits per heavy atom. The quantitative estimate of drug-likeness (QED) is 0.676. The molecule has 0 amide bonds. The summed E-state index contributed by atoms with van der Waals surface area (Å²) in [4.78, 5) is 0. The molecule has 0 aliphatic rings. The minimum Gasteiger partial charge on any atom is -0.395 e. The summed E-state index contributed by atoms with van der Waals surface area (Å²) in [5.74, 6) is 0. The first kappa shape index (κ1) is 14.6. The SMILES string of the molecule is CCO[Si](C)(CC)OCC.CN. The van der Waals surface area contributed by atoms with Crippen LogP contribution in [0.3, 0.4) is 0 Å². The van der Waals surface area contributed by atoms with Crippen LogP contribution >= 0.6 is 0 Å². The molecule has 2 N–H and O–H groups in total. The van der Waals surface area contributed by atoms with Gasteiger partial charge in [-0.15, -0.1) is 0 Å². The number of rotatable bonds is 5. The fourth-order valence-corrected chi connectivity index (χ4v) is 2.57. The van der Waals surface area contributed by atoms with Gasteiger partial charge in [0.1, 0.15) is 0 Å². The van der Waals surface area contributed by atoms with Crippen LogP contribution in [0.4, 0.5) is 0 Å². The summed E-state index contributed by atoms with van der Waals surface area (Å²) >= 11 is 0. The average molecular weight is 193 g/mol. The van der Waals surface area contributed by atoms with E-state index in [-0.39, 0.29) is 0 Å². The summed E-state index contributed by atoms with van der Waals surface area (Å²) in [5, 5.41) is 0. The Kier molecular flexibility index (Phi) is 11.2. The van der Waals surface area contributed by atoms with Crippen molar-refractivity contribution in [3.05, 3.63) is 0 Å². The van der Waals surface area contributed by atoms with Crippen molar-refractivity contribution < 1.29 is 8.85 Å². The highest BCUT2D eigenvalue weighted by Gasteiger charge is 2.27. The zero-order chi connectivity index (χ0) is 10.0. The molecule has 0 aliphatic carbocycles. The number of hydrogen-bond donors (Lipinski definition) is 1. The van der Waals surface area contributed by atoms with Gasteiger partial charge in [0.05, 0.1) is 0 Å². The topological polar surface area (TPSA) is 44.5 Å². The highest BCUT2D eigenvalue weighted by molar-refractivity contribution is 6.65. The Morgan fingerprint density at radius 3 is 1.50 bits per heavy atom. The third kappa shape index (κ3) is 6.79. The largest absolute Gasteiger partial charge is 0.395 e. The maximum absolute atomic E-state index is 5.54. The molecule has 0 saturated heterocycles. The molecule has 0 aromatic rings. The highest BCUT2D eigenvalue weighted by atomic mass is 28.4. The molecule has 0 atom stereocenters. The molecule has 0 aromatic carbocycles. The van der Waals surface area contributed by atoms with Crippen molar-refractivity contribution in [2.45, 2.75) is 33.4 Å². The molecule has 12 heavy (non-hydrogen) atoms. The lowest BCUT2D eigenvalue weighted by Crippen LogP contribution is -2.37. The standard InChI is InChI=1S/C7H18O2Si.CH5N/c1-5-8-10(4,7-3)9-6-2;1-2/h5-7H2,1-4H3;2H2,1H3. The molecule has 0 heterocycles. The second-order valence-corrected chi connectivity index (χ2v) is 5.91. The van der Waals surface area contributed by atoms with E-state index in [0.717, 1.165) is 19.3 Å². The summed E-state index contributed by atoms with van der Waals surface area (Å²) in [6.07, 6.45) is 0. The Hall–Kier alpha value is 0.0969. The highest BCUT2D eigenvalue weighted by Crippen LogP contribution is 2.11. The van der Waals surface area contributed by atoms with Crippen molar-refractivity contribution in [3.8, 4) is 0 Å². The van der Waals surface area contributed by atoms with Crippen LogP contribution in [0.15, 0.2) is 0 Å². The Bertz CT molecular complexity index is 85.1. The fraction of sp³-hybridized carbons (Fsp3) is 1.00. The lowest BCUT2D eigenvalue weighted by molar-refractivity contribution is 0.190. The van der Waals surface area contributed by atoms with Crippen LogP contribution in [0.1, 0.15) is 20.8 Å². The molecule has 0 spiro atoms. The van der Waals surface area contributed by atoms with Crippen molar-refractivity contribution in [1.82, 2.24) is 0 Å². The molecular formula is C8H23NO2Si. The zero-order valence-electron chi connectivity index (χ0n) is 9.02. The summed E-state index contributed by atoms with van der Waals surface area (Å²) < 4.78 is 11.1. The minimum atomic E-state index is -1.72. The van der Waals surface area contributed by atoms with Crippen LogP contribution in [0.5, 0.6) is 0 Å². The fourth-order valence-electron chi connectivity index (χ4n) is 0.856. The molecule has 3 nitrogen and oxygen atoms in total. The van der Waals surface area contributed by atoms with Gasteiger partial charge in [-0.05, 0) is 33.5 Å². The molecule has 0 aliphatic heterocycles. The van der Waals surface area contributed by atoms with Crippen molar-refractivity contribution in [3.63, 3.8) is 0 Å². The molecule has 0 radical (unpaired) electrons. The van der Waals surface area contributed by atoms with E-state index in [1.165, 1.54) is 7.05 Å². The maximum atomic E-state index is 5.54. The Morgan fingerprint density at radius 2 is 1.33 bits per heavy atom. The molecule has 0 bridgehead atoms. The molecule has 0 fully saturated rings. The lowest BCUT2D eigenvalue weighted by atomic mass is 10.9. The Balaban J connectivity index is 0. The van der Waals surface area contributed by atoms with E-state index < -0.39 is 8.56 Å². The third-order valence-electron chi connectivity index (χ3n) is 1.54. The predicted octanol–water partition coefficient (Wildman–Crippen LogP) is 1.73. The zero-order valence-corrected chi connectivity index (χ0v) is 10.0. The van der Waals surface area contributed by atoms with Gasteiger partial charge < -0.3 is 14.6 Å². The molecular weight excluding hydrogens is 170 g/mol. The van der Waals surface area contributed by atoms with Gasteiger partial charge in [-0.3, -0.25) is 0 Å². The van der Waals surface area contributed by atoms with Crippen molar-refractivity contribution in [1.29, 1.82) is 0 Å². The average Bonchev–Trinajstić information content (AvgIpc) is 2.09. The number of nitrogens with two attached hydrogens (primary N) is 1. The summed E-state index contributed by atoms with van der Waals surface area (Å²) in [6, 6.07) is 1.04. The van der Waals surface area contributed by atoms with E-state index in [9.17, 15) is 0 Å². The van der Waals surface area contributed by atoms with E-state index in [2.05, 4.69) is 19.2 Å². The summed E-state index contributed by atoms with van der Waals surface area (Å²) in [5.41, 5.74) is 4.50. The van der Waals surface area contributed by atoms with Crippen LogP contribution in [-0.4, -0.2) is 28.8 Å². The summed E-state index contributed by atoms with van der Waals surface area (Å²) in [7, 11) is -0.223. The van der Waals surface area contributed by atoms with Gasteiger partial charge >= 0.3 is 8.56 Å². The van der Waals surface area contributed by atoms with Gasteiger partial charge in [0, 0.05) is 13.2 Å². The summed E-state index contributed by atoms with van der Waals surface area (Å²) in [6.45, 7) is 9.81. The molecule has 76 valence electrons. The normalized spacial score (nSPS) is 10.5. The van der Waals surface area contributed by atoms with Gasteiger partial charge in [0.2, 0.25) is 0 Å². The first-order valence-corrected chi connectivity index (χ1v) is 7.06. The first-order valence-electron chi connectivity index (χ1n) is 4.54. The smallest absolute Gasteiger partial charge is 0.334 e. The minimum absolute atomic E-state index is 0.774. The van der Waals surface area contributed by atoms with Gasteiger partial charge in [0.15, 0.2) is 0 Å². The van der Waals surface area contributed by atoms with Crippen LogP contribution in [0.25, 0.3) is 0 Å². The van der Waals surface area contributed by atoms with E-state index in [1.54, 1.807) is 0 Å². The van der Waals surface area contributed by atoms with Gasteiger partial charge in [-0.2, -0.15) is 0 Å². The van der Waals surface area contributed by atoms with Crippen LogP contribution in [0.2, 0.25) is 12.6 Å². The van der Waals surface area contributed by atoms with E-state index >= 15 is 0 Å².